The Morgan fingerprint density at radius 3 is 2.90 bits per heavy atom. The zero-order valence-corrected chi connectivity index (χ0v) is 12.1. The molecule has 1 saturated carbocycles. The largest absolute Gasteiger partial charge is 0.461 e. The Hall–Kier alpha value is -1.01. The van der Waals surface area contributed by atoms with Gasteiger partial charge in [-0.1, -0.05) is 12.7 Å². The number of nitrogens with one attached hydrogen (secondary N) is 1. The summed E-state index contributed by atoms with van der Waals surface area (Å²) in [5, 5.41) is 2.92. The molecular weight excluding hydrogens is 278 g/mol. The molecule has 2 aliphatic heterocycles. The van der Waals surface area contributed by atoms with Gasteiger partial charge in [0.15, 0.2) is 0 Å². The fourth-order valence-corrected chi connectivity index (χ4v) is 3.69. The van der Waals surface area contributed by atoms with Crippen LogP contribution >= 0.6 is 0 Å². The van der Waals surface area contributed by atoms with Gasteiger partial charge in [0.2, 0.25) is 0 Å². The van der Waals surface area contributed by atoms with Crippen LogP contribution in [0.1, 0.15) is 25.7 Å². The Balaban J connectivity index is 1.59. The third kappa shape index (κ3) is 2.97. The number of esters is 1. The molecule has 0 bridgehead atoms. The number of nitrogens with zero attached hydrogens (tertiary/aromatic N) is 1. The van der Waals surface area contributed by atoms with Gasteiger partial charge < -0.3 is 10.1 Å². The molecule has 1 N–H and O–H groups in total. The van der Waals surface area contributed by atoms with Crippen LogP contribution in [0.25, 0.3) is 0 Å². The number of hydrogen-bond donors (Lipinski definition) is 1. The van der Waals surface area contributed by atoms with E-state index in [0.29, 0.717) is 19.5 Å². The molecule has 3 aliphatic rings. The van der Waals surface area contributed by atoms with E-state index in [0.717, 1.165) is 19.3 Å². The summed E-state index contributed by atoms with van der Waals surface area (Å²) < 4.78 is 33.0. The lowest BCUT2D eigenvalue weighted by Gasteiger charge is -2.31. The van der Waals surface area contributed by atoms with Gasteiger partial charge in [-0.05, 0) is 24.7 Å². The highest BCUT2D eigenvalue weighted by molar-refractivity contribution is 5.71. The van der Waals surface area contributed by atoms with Crippen molar-refractivity contribution >= 4 is 5.97 Å². The number of halogens is 2. The third-order valence-electron chi connectivity index (χ3n) is 4.91. The van der Waals surface area contributed by atoms with E-state index in [4.69, 9.17) is 4.74 Å². The smallest absolute Gasteiger partial charge is 0.306 e. The Bertz CT molecular complexity index is 437. The van der Waals surface area contributed by atoms with Gasteiger partial charge in [0.05, 0.1) is 19.0 Å². The summed E-state index contributed by atoms with van der Waals surface area (Å²) in [5.41, 5.74) is -0.147. The summed E-state index contributed by atoms with van der Waals surface area (Å²) in [5.74, 6) is -2.92. The van der Waals surface area contributed by atoms with Crippen LogP contribution in [-0.2, 0) is 9.53 Å². The molecule has 0 radical (unpaired) electrons. The fraction of sp³-hybridized carbons (Fsp3) is 0.800. The molecule has 0 unspecified atom stereocenters. The summed E-state index contributed by atoms with van der Waals surface area (Å²) in [7, 11) is 0. The predicted octanol–water partition coefficient (Wildman–Crippen LogP) is 1.57. The number of carbonyl (C=O) groups is 1. The van der Waals surface area contributed by atoms with Crippen LogP contribution in [0.5, 0.6) is 0 Å². The number of ether oxygens (including phenoxy) is 1. The summed E-state index contributed by atoms with van der Waals surface area (Å²) in [6, 6.07) is -0.817. The van der Waals surface area contributed by atoms with Crippen LogP contribution in [0.2, 0.25) is 0 Å². The Morgan fingerprint density at radius 1 is 1.48 bits per heavy atom. The quantitative estimate of drug-likeness (QED) is 0.597. The SMILES string of the molecule is C=CCOC(=O)CC1(CN2CC[C@@H]3NCC(F)(F)[C@@H]32)CC1. The number of alkyl halides is 2. The minimum Gasteiger partial charge on any atom is -0.461 e. The lowest BCUT2D eigenvalue weighted by atomic mass is 10.0. The second kappa shape index (κ2) is 5.32. The molecule has 0 spiro atoms. The molecule has 2 saturated heterocycles. The number of fused-ring (bicyclic) bond motifs is 1. The van der Waals surface area contributed by atoms with E-state index in [1.54, 1.807) is 0 Å². The van der Waals surface area contributed by atoms with E-state index < -0.39 is 12.0 Å². The van der Waals surface area contributed by atoms with E-state index in [9.17, 15) is 13.6 Å². The standard InChI is InChI=1S/C15H22F2N2O2/c1-2-7-21-12(20)8-14(4-5-14)10-19-6-3-11-13(19)15(16,17)9-18-11/h2,11,13,18H,1,3-10H2/t11-,13+/m0/s1. The van der Waals surface area contributed by atoms with Gasteiger partial charge in [-0.15, -0.1) is 0 Å². The van der Waals surface area contributed by atoms with Crippen molar-refractivity contribution < 1.29 is 18.3 Å². The highest BCUT2D eigenvalue weighted by Gasteiger charge is 2.58. The van der Waals surface area contributed by atoms with Crippen LogP contribution in [0.3, 0.4) is 0 Å². The van der Waals surface area contributed by atoms with E-state index in [1.165, 1.54) is 6.08 Å². The van der Waals surface area contributed by atoms with Gasteiger partial charge in [-0.25, -0.2) is 8.78 Å². The van der Waals surface area contributed by atoms with Gasteiger partial charge >= 0.3 is 5.97 Å². The number of rotatable bonds is 6. The van der Waals surface area contributed by atoms with E-state index in [1.807, 2.05) is 4.90 Å². The van der Waals surface area contributed by atoms with Gasteiger partial charge in [0.1, 0.15) is 6.61 Å². The molecule has 3 fully saturated rings. The lowest BCUT2D eigenvalue weighted by Crippen LogP contribution is -2.47. The molecule has 118 valence electrons. The number of hydrogen-bond acceptors (Lipinski definition) is 4. The highest BCUT2D eigenvalue weighted by Crippen LogP contribution is 2.51. The van der Waals surface area contributed by atoms with Crippen molar-refractivity contribution in [3.05, 3.63) is 12.7 Å². The zero-order valence-electron chi connectivity index (χ0n) is 12.1. The molecule has 3 rings (SSSR count). The first-order valence-electron chi connectivity index (χ1n) is 7.58. The van der Waals surface area contributed by atoms with Crippen LogP contribution in [0, 0.1) is 5.41 Å². The molecule has 21 heavy (non-hydrogen) atoms. The van der Waals surface area contributed by atoms with E-state index in [2.05, 4.69) is 11.9 Å². The van der Waals surface area contributed by atoms with Crippen LogP contribution in [0.15, 0.2) is 12.7 Å². The maximum absolute atomic E-state index is 14.0. The molecule has 0 aromatic rings. The van der Waals surface area contributed by atoms with Crippen molar-refractivity contribution in [2.24, 2.45) is 5.41 Å². The van der Waals surface area contributed by atoms with Crippen LogP contribution in [0.4, 0.5) is 8.78 Å². The first kappa shape index (κ1) is 14.9. The van der Waals surface area contributed by atoms with Crippen LogP contribution in [-0.4, -0.2) is 55.1 Å². The first-order valence-corrected chi connectivity index (χ1v) is 7.58. The molecule has 2 atom stereocenters. The first-order chi connectivity index (χ1) is 9.96. The van der Waals surface area contributed by atoms with Crippen molar-refractivity contribution in [3.8, 4) is 0 Å². The molecule has 0 amide bonds. The minimum atomic E-state index is -2.67. The number of likely N-dealkylation sites (tertiary alicyclic amines) is 1. The van der Waals surface area contributed by atoms with Crippen molar-refractivity contribution in [1.82, 2.24) is 10.2 Å². The average Bonchev–Trinajstić information content (AvgIpc) is 2.92. The Labute approximate surface area is 123 Å². The van der Waals surface area contributed by atoms with Gasteiger partial charge in [0, 0.05) is 19.1 Å². The van der Waals surface area contributed by atoms with Gasteiger partial charge in [0.25, 0.3) is 5.92 Å². The van der Waals surface area contributed by atoms with E-state index in [-0.39, 0.29) is 30.6 Å². The molecule has 0 aromatic carbocycles. The summed E-state index contributed by atoms with van der Waals surface area (Å²) in [6.45, 7) is 4.75. The van der Waals surface area contributed by atoms with E-state index >= 15 is 0 Å². The Kier molecular flexibility index (Phi) is 3.78. The maximum atomic E-state index is 14.0. The minimum absolute atomic E-state index is 0.108. The summed E-state index contributed by atoms with van der Waals surface area (Å²) in [4.78, 5) is 13.6. The summed E-state index contributed by atoms with van der Waals surface area (Å²) >= 11 is 0. The predicted molar refractivity (Wildman–Crippen MR) is 74.2 cm³/mol. The molecule has 2 heterocycles. The second-order valence-electron chi connectivity index (χ2n) is 6.60. The molecule has 0 aromatic heterocycles. The molecule has 1 aliphatic carbocycles. The molecule has 4 nitrogen and oxygen atoms in total. The van der Waals surface area contributed by atoms with Crippen molar-refractivity contribution in [1.29, 1.82) is 0 Å². The fourth-order valence-electron chi connectivity index (χ4n) is 3.69. The van der Waals surface area contributed by atoms with Crippen LogP contribution < -0.4 is 5.32 Å². The average molecular weight is 300 g/mol. The topological polar surface area (TPSA) is 41.6 Å². The third-order valence-corrected chi connectivity index (χ3v) is 4.91. The molecular formula is C15H22F2N2O2. The molecule has 6 heteroatoms. The normalized spacial score (nSPS) is 32.7. The Morgan fingerprint density at radius 2 is 2.24 bits per heavy atom. The van der Waals surface area contributed by atoms with Crippen molar-refractivity contribution in [3.63, 3.8) is 0 Å². The number of carbonyl (C=O) groups excluding carboxylic acids is 1. The van der Waals surface area contributed by atoms with Gasteiger partial charge in [-0.2, -0.15) is 0 Å². The second-order valence-corrected chi connectivity index (χ2v) is 6.60. The monoisotopic (exact) mass is 300 g/mol. The highest BCUT2D eigenvalue weighted by atomic mass is 19.3. The van der Waals surface area contributed by atoms with Gasteiger partial charge in [-0.3, -0.25) is 9.69 Å². The van der Waals surface area contributed by atoms with Crippen molar-refractivity contribution in [2.45, 2.75) is 43.7 Å². The summed E-state index contributed by atoms with van der Waals surface area (Å²) in [6.07, 6.45) is 4.46. The van der Waals surface area contributed by atoms with Crippen molar-refractivity contribution in [2.75, 3.05) is 26.2 Å². The zero-order chi connectivity index (χ0) is 15.1. The maximum Gasteiger partial charge on any atom is 0.306 e. The lowest BCUT2D eigenvalue weighted by molar-refractivity contribution is -0.144.